The summed E-state index contributed by atoms with van der Waals surface area (Å²) in [5.74, 6) is 2.06. The van der Waals surface area contributed by atoms with E-state index in [1.165, 1.54) is 5.56 Å². The second-order valence-corrected chi connectivity index (χ2v) is 6.45. The first-order chi connectivity index (χ1) is 9.55. The Balaban J connectivity index is 2.58. The Morgan fingerprint density at radius 3 is 2.45 bits per heavy atom. The summed E-state index contributed by atoms with van der Waals surface area (Å²) in [6, 6.07) is 8.31. The lowest BCUT2D eigenvalue weighted by molar-refractivity contribution is 0.143. The number of hydrogen-bond donors (Lipinski definition) is 1. The van der Waals surface area contributed by atoms with Crippen molar-refractivity contribution < 1.29 is 4.74 Å². The molecule has 0 aliphatic heterocycles. The van der Waals surface area contributed by atoms with E-state index in [1.807, 2.05) is 23.9 Å². The van der Waals surface area contributed by atoms with Crippen LogP contribution in [0.5, 0.6) is 5.75 Å². The van der Waals surface area contributed by atoms with Gasteiger partial charge < -0.3 is 10.5 Å². The molecule has 3 nitrogen and oxygen atoms in total. The lowest BCUT2D eigenvalue weighted by Crippen LogP contribution is -2.50. The van der Waals surface area contributed by atoms with Crippen molar-refractivity contribution in [3.8, 4) is 5.75 Å². The van der Waals surface area contributed by atoms with Crippen LogP contribution in [0.3, 0.4) is 0 Å². The van der Waals surface area contributed by atoms with Crippen molar-refractivity contribution in [1.29, 1.82) is 0 Å². The maximum Gasteiger partial charge on any atom is 0.118 e. The van der Waals surface area contributed by atoms with Crippen molar-refractivity contribution in [3.63, 3.8) is 0 Å². The van der Waals surface area contributed by atoms with Crippen LogP contribution >= 0.6 is 11.8 Å². The average Bonchev–Trinajstić information content (AvgIpc) is 2.50. The van der Waals surface area contributed by atoms with Crippen LogP contribution in [0.1, 0.15) is 18.9 Å². The molecule has 2 N–H and O–H groups in total. The molecule has 0 spiro atoms. The van der Waals surface area contributed by atoms with E-state index in [4.69, 9.17) is 10.5 Å². The first-order valence-electron chi connectivity index (χ1n) is 7.09. The molecule has 0 aromatic heterocycles. The molecular formula is C16H28N2OS. The van der Waals surface area contributed by atoms with Crippen molar-refractivity contribution in [3.05, 3.63) is 29.8 Å². The van der Waals surface area contributed by atoms with Crippen molar-refractivity contribution in [1.82, 2.24) is 4.90 Å². The van der Waals surface area contributed by atoms with Crippen molar-refractivity contribution in [2.45, 2.75) is 25.3 Å². The highest BCUT2D eigenvalue weighted by molar-refractivity contribution is 7.98. The predicted molar refractivity (Wildman–Crippen MR) is 89.8 cm³/mol. The highest BCUT2D eigenvalue weighted by Crippen LogP contribution is 2.21. The quantitative estimate of drug-likeness (QED) is 0.760. The van der Waals surface area contributed by atoms with Crippen molar-refractivity contribution in [2.75, 3.05) is 39.3 Å². The second-order valence-electron chi connectivity index (χ2n) is 5.46. The van der Waals surface area contributed by atoms with E-state index < -0.39 is 0 Å². The summed E-state index contributed by atoms with van der Waals surface area (Å²) in [6.45, 7) is 4.03. The molecule has 0 saturated heterocycles. The molecule has 20 heavy (non-hydrogen) atoms. The van der Waals surface area contributed by atoms with E-state index in [0.717, 1.165) is 30.9 Å². The minimum atomic E-state index is 0.0651. The first kappa shape index (κ1) is 17.3. The van der Waals surface area contributed by atoms with Gasteiger partial charge in [0.05, 0.1) is 7.11 Å². The third kappa shape index (κ3) is 5.00. The van der Waals surface area contributed by atoms with Crippen LogP contribution in [-0.4, -0.2) is 49.7 Å². The molecule has 0 aliphatic carbocycles. The number of benzene rings is 1. The Hall–Kier alpha value is -0.710. The lowest BCUT2D eigenvalue weighted by Gasteiger charge is -2.38. The van der Waals surface area contributed by atoms with E-state index in [1.54, 1.807) is 7.11 Å². The van der Waals surface area contributed by atoms with Crippen LogP contribution in [0.25, 0.3) is 0 Å². The zero-order chi connectivity index (χ0) is 15.0. The fourth-order valence-corrected chi connectivity index (χ4v) is 2.61. The fraction of sp³-hybridized carbons (Fsp3) is 0.625. The molecule has 1 aromatic rings. The number of nitrogens with zero attached hydrogens (tertiary/aromatic N) is 1. The third-order valence-electron chi connectivity index (χ3n) is 4.10. The summed E-state index contributed by atoms with van der Waals surface area (Å²) in [5, 5.41) is 0. The van der Waals surface area contributed by atoms with E-state index in [9.17, 15) is 0 Å². The Morgan fingerprint density at radius 2 is 1.95 bits per heavy atom. The van der Waals surface area contributed by atoms with Gasteiger partial charge in [-0.1, -0.05) is 12.1 Å². The molecule has 1 rings (SSSR count). The lowest BCUT2D eigenvalue weighted by atomic mass is 9.91. The van der Waals surface area contributed by atoms with Crippen LogP contribution in [0.4, 0.5) is 0 Å². The summed E-state index contributed by atoms with van der Waals surface area (Å²) in [6.07, 6.45) is 4.26. The minimum Gasteiger partial charge on any atom is -0.497 e. The monoisotopic (exact) mass is 296 g/mol. The minimum absolute atomic E-state index is 0.0651. The van der Waals surface area contributed by atoms with Gasteiger partial charge in [-0.2, -0.15) is 11.8 Å². The van der Waals surface area contributed by atoms with E-state index in [0.29, 0.717) is 6.54 Å². The van der Waals surface area contributed by atoms with Crippen LogP contribution in [0.2, 0.25) is 0 Å². The highest BCUT2D eigenvalue weighted by atomic mass is 32.2. The number of hydrogen-bond acceptors (Lipinski definition) is 4. The predicted octanol–water partition coefficient (Wildman–Crippen LogP) is 2.64. The molecule has 114 valence electrons. The molecule has 1 atom stereocenters. The summed E-state index contributed by atoms with van der Waals surface area (Å²) in [7, 11) is 3.87. The molecule has 0 heterocycles. The van der Waals surface area contributed by atoms with Crippen LogP contribution in [0, 0.1) is 0 Å². The number of thioether (sulfide) groups is 1. The SMILES string of the molecule is COc1ccc(CCC(C)(CN)N(C)CCSC)cc1. The summed E-state index contributed by atoms with van der Waals surface area (Å²) in [4.78, 5) is 2.40. The van der Waals surface area contributed by atoms with Gasteiger partial charge in [0.15, 0.2) is 0 Å². The van der Waals surface area contributed by atoms with E-state index in [-0.39, 0.29) is 5.54 Å². The number of methoxy groups -OCH3 is 1. The molecule has 4 heteroatoms. The van der Waals surface area contributed by atoms with Gasteiger partial charge in [-0.25, -0.2) is 0 Å². The Labute approximate surface area is 127 Å². The van der Waals surface area contributed by atoms with Gasteiger partial charge >= 0.3 is 0 Å². The topological polar surface area (TPSA) is 38.5 Å². The van der Waals surface area contributed by atoms with E-state index in [2.05, 4.69) is 37.3 Å². The second kappa shape index (κ2) is 8.55. The largest absolute Gasteiger partial charge is 0.497 e. The fourth-order valence-electron chi connectivity index (χ4n) is 2.15. The zero-order valence-electron chi connectivity index (χ0n) is 13.2. The zero-order valence-corrected chi connectivity index (χ0v) is 14.0. The number of likely N-dealkylation sites (N-methyl/N-ethyl adjacent to an activating group) is 1. The normalized spacial score (nSPS) is 14.3. The molecule has 0 bridgehead atoms. The smallest absolute Gasteiger partial charge is 0.118 e. The maximum atomic E-state index is 6.02. The number of ether oxygens (including phenoxy) is 1. The van der Waals surface area contributed by atoms with Crippen LogP contribution < -0.4 is 10.5 Å². The van der Waals surface area contributed by atoms with Gasteiger partial charge in [0.2, 0.25) is 0 Å². The highest BCUT2D eigenvalue weighted by Gasteiger charge is 2.26. The number of aryl methyl sites for hydroxylation is 1. The summed E-state index contributed by atoms with van der Waals surface area (Å²) in [5.41, 5.74) is 7.42. The van der Waals surface area contributed by atoms with Crippen molar-refractivity contribution >= 4 is 11.8 Å². The van der Waals surface area contributed by atoms with Gasteiger partial charge in [0.1, 0.15) is 5.75 Å². The Kier molecular flexibility index (Phi) is 7.41. The average molecular weight is 296 g/mol. The molecule has 0 fully saturated rings. The summed E-state index contributed by atoms with van der Waals surface area (Å²) >= 11 is 1.88. The van der Waals surface area contributed by atoms with Gasteiger partial charge in [-0.05, 0) is 50.8 Å². The molecule has 0 aliphatic rings. The van der Waals surface area contributed by atoms with Crippen LogP contribution in [0.15, 0.2) is 24.3 Å². The summed E-state index contributed by atoms with van der Waals surface area (Å²) < 4.78 is 5.19. The van der Waals surface area contributed by atoms with Gasteiger partial charge in [-0.3, -0.25) is 4.90 Å². The molecule has 0 amide bonds. The first-order valence-corrected chi connectivity index (χ1v) is 8.48. The number of rotatable bonds is 9. The molecule has 1 unspecified atom stereocenters. The Bertz CT molecular complexity index is 383. The molecule has 0 saturated carbocycles. The molecule has 1 aromatic carbocycles. The Morgan fingerprint density at radius 1 is 1.30 bits per heavy atom. The third-order valence-corrected chi connectivity index (χ3v) is 4.69. The van der Waals surface area contributed by atoms with E-state index >= 15 is 0 Å². The standard InChI is InChI=1S/C16H28N2OS/c1-16(13-17,18(2)11-12-20-4)10-9-14-5-7-15(19-3)8-6-14/h5-8H,9-13,17H2,1-4H3. The number of nitrogens with two attached hydrogens (primary N) is 1. The van der Waals surface area contributed by atoms with Gasteiger partial charge in [0.25, 0.3) is 0 Å². The molecule has 0 radical (unpaired) electrons. The molecular weight excluding hydrogens is 268 g/mol. The van der Waals surface area contributed by atoms with Crippen LogP contribution in [-0.2, 0) is 6.42 Å². The van der Waals surface area contributed by atoms with Gasteiger partial charge in [0, 0.05) is 24.4 Å². The van der Waals surface area contributed by atoms with Crippen molar-refractivity contribution in [2.24, 2.45) is 5.73 Å². The maximum absolute atomic E-state index is 6.02. The van der Waals surface area contributed by atoms with Gasteiger partial charge in [-0.15, -0.1) is 0 Å².